The smallest absolute Gasteiger partial charge is 0.328 e. The summed E-state index contributed by atoms with van der Waals surface area (Å²) in [7, 11) is 1.29. The summed E-state index contributed by atoms with van der Waals surface area (Å²) in [5, 5.41) is 10.9. The summed E-state index contributed by atoms with van der Waals surface area (Å²) in [6, 6.07) is -0.604. The number of aliphatic hydroxyl groups is 1. The molecule has 0 radical (unpaired) electrons. The first-order valence-corrected chi connectivity index (χ1v) is 4.65. The van der Waals surface area contributed by atoms with Gasteiger partial charge in [0.15, 0.2) is 0 Å². The van der Waals surface area contributed by atoms with Crippen molar-refractivity contribution in [1.29, 1.82) is 0 Å². The first kappa shape index (κ1) is 11.0. The van der Waals surface area contributed by atoms with Crippen LogP contribution in [0.25, 0.3) is 0 Å². The van der Waals surface area contributed by atoms with Crippen LogP contribution in [-0.4, -0.2) is 36.7 Å². The molecule has 0 saturated heterocycles. The van der Waals surface area contributed by atoms with Crippen molar-refractivity contribution in [3.05, 3.63) is 0 Å². The van der Waals surface area contributed by atoms with Crippen molar-refractivity contribution >= 4 is 11.9 Å². The molecule has 0 aromatic rings. The van der Waals surface area contributed by atoms with Crippen LogP contribution in [0, 0.1) is 5.92 Å². The van der Waals surface area contributed by atoms with Gasteiger partial charge in [-0.2, -0.15) is 0 Å². The van der Waals surface area contributed by atoms with Crippen molar-refractivity contribution in [2.24, 2.45) is 5.92 Å². The van der Waals surface area contributed by atoms with Gasteiger partial charge < -0.3 is 15.2 Å². The minimum Gasteiger partial charge on any atom is -0.467 e. The van der Waals surface area contributed by atoms with Gasteiger partial charge in [0.1, 0.15) is 12.6 Å². The van der Waals surface area contributed by atoms with Crippen LogP contribution in [0.4, 0.5) is 0 Å². The molecule has 2 N–H and O–H groups in total. The molecule has 14 heavy (non-hydrogen) atoms. The van der Waals surface area contributed by atoms with Crippen LogP contribution in [0.3, 0.4) is 0 Å². The summed E-state index contributed by atoms with van der Waals surface area (Å²) in [5.74, 6) is -0.474. The second-order valence-corrected chi connectivity index (χ2v) is 3.48. The monoisotopic (exact) mass is 201 g/mol. The van der Waals surface area contributed by atoms with Crippen molar-refractivity contribution in [3.63, 3.8) is 0 Å². The van der Waals surface area contributed by atoms with Gasteiger partial charge in [-0.15, -0.1) is 0 Å². The molecule has 0 unspecified atom stereocenters. The first-order valence-electron chi connectivity index (χ1n) is 4.65. The maximum absolute atomic E-state index is 11.2. The number of hydrogen-bond donors (Lipinski definition) is 2. The van der Waals surface area contributed by atoms with Crippen molar-refractivity contribution in [1.82, 2.24) is 5.32 Å². The molecule has 5 nitrogen and oxygen atoms in total. The molecule has 0 heterocycles. The molecule has 1 saturated carbocycles. The molecule has 1 atom stereocenters. The number of carbonyl (C=O) groups is 2. The van der Waals surface area contributed by atoms with Gasteiger partial charge in [-0.25, -0.2) is 4.79 Å². The fourth-order valence-corrected chi connectivity index (χ4v) is 1.28. The Hall–Kier alpha value is -1.10. The van der Waals surface area contributed by atoms with Crippen LogP contribution >= 0.6 is 0 Å². The summed E-state index contributed by atoms with van der Waals surface area (Å²) in [5.41, 5.74) is 0. The van der Waals surface area contributed by atoms with Crippen LogP contribution < -0.4 is 5.32 Å². The lowest BCUT2D eigenvalue weighted by molar-refractivity contribution is -0.145. The molecule has 0 aromatic carbocycles. The van der Waals surface area contributed by atoms with E-state index >= 15 is 0 Å². The zero-order chi connectivity index (χ0) is 10.6. The van der Waals surface area contributed by atoms with E-state index < -0.39 is 24.5 Å². The van der Waals surface area contributed by atoms with Gasteiger partial charge in [0.05, 0.1) is 7.11 Å². The molecule has 5 heteroatoms. The highest BCUT2D eigenvalue weighted by Crippen LogP contribution is 2.33. The lowest BCUT2D eigenvalue weighted by Crippen LogP contribution is -2.43. The predicted octanol–water partition coefficient (Wildman–Crippen LogP) is -0.563. The number of esters is 1. The molecular weight excluding hydrogens is 186 g/mol. The van der Waals surface area contributed by atoms with Gasteiger partial charge in [0.2, 0.25) is 5.91 Å². The molecule has 1 fully saturated rings. The highest BCUT2D eigenvalue weighted by molar-refractivity contribution is 5.84. The number of carbonyl (C=O) groups excluding carboxylic acids is 2. The molecule has 0 aromatic heterocycles. The molecule has 0 bridgehead atoms. The number of nitrogens with one attached hydrogen (secondary N) is 1. The number of hydrogen-bond acceptors (Lipinski definition) is 4. The van der Waals surface area contributed by atoms with E-state index in [1.54, 1.807) is 0 Å². The highest BCUT2D eigenvalue weighted by Gasteiger charge is 2.30. The number of ether oxygens (including phenoxy) is 1. The van der Waals surface area contributed by atoms with E-state index in [1.165, 1.54) is 7.11 Å². The van der Waals surface area contributed by atoms with Crippen LogP contribution in [-0.2, 0) is 14.3 Å². The quantitative estimate of drug-likeness (QED) is 0.584. The zero-order valence-electron chi connectivity index (χ0n) is 8.16. The van der Waals surface area contributed by atoms with Gasteiger partial charge >= 0.3 is 5.97 Å². The van der Waals surface area contributed by atoms with Crippen molar-refractivity contribution in [3.8, 4) is 0 Å². The van der Waals surface area contributed by atoms with Crippen LogP contribution in [0.5, 0.6) is 0 Å². The zero-order valence-corrected chi connectivity index (χ0v) is 8.16. The summed E-state index contributed by atoms with van der Waals surface area (Å²) < 4.78 is 4.55. The lowest BCUT2D eigenvalue weighted by Gasteiger charge is -2.15. The van der Waals surface area contributed by atoms with Gasteiger partial charge in [0.25, 0.3) is 0 Å². The second-order valence-electron chi connectivity index (χ2n) is 3.48. The Kier molecular flexibility index (Phi) is 3.88. The van der Waals surface area contributed by atoms with E-state index in [0.29, 0.717) is 12.3 Å². The average Bonchev–Trinajstić information content (AvgIpc) is 2.99. The molecule has 1 aliphatic rings. The Labute approximate surface area is 82.4 Å². The number of aliphatic hydroxyl groups excluding tert-OH is 1. The molecule has 0 aliphatic heterocycles. The Morgan fingerprint density at radius 3 is 2.64 bits per heavy atom. The van der Waals surface area contributed by atoms with E-state index in [4.69, 9.17) is 5.11 Å². The maximum atomic E-state index is 11.2. The summed E-state index contributed by atoms with van der Waals surface area (Å²) in [6.45, 7) is -0.599. The first-order chi connectivity index (χ1) is 6.67. The topological polar surface area (TPSA) is 75.6 Å². The Morgan fingerprint density at radius 2 is 2.21 bits per heavy atom. The van der Waals surface area contributed by atoms with Crippen LogP contribution in [0.2, 0.25) is 0 Å². The fourth-order valence-electron chi connectivity index (χ4n) is 1.28. The summed E-state index contributed by atoms with van der Waals surface area (Å²) in [4.78, 5) is 22.1. The maximum Gasteiger partial charge on any atom is 0.328 e. The molecular formula is C9H15NO4. The van der Waals surface area contributed by atoms with Gasteiger partial charge in [-0.1, -0.05) is 12.8 Å². The number of rotatable bonds is 5. The van der Waals surface area contributed by atoms with Gasteiger partial charge in [-0.3, -0.25) is 4.79 Å². The molecule has 1 rings (SSSR count). The van der Waals surface area contributed by atoms with E-state index in [0.717, 1.165) is 12.8 Å². The van der Waals surface area contributed by atoms with Crippen LogP contribution in [0.1, 0.15) is 19.3 Å². The second kappa shape index (κ2) is 4.95. The molecule has 1 amide bonds. The molecule has 0 spiro atoms. The van der Waals surface area contributed by atoms with E-state index in [1.807, 2.05) is 0 Å². The molecule has 80 valence electrons. The van der Waals surface area contributed by atoms with E-state index in [-0.39, 0.29) is 0 Å². The minimum atomic E-state index is -0.604. The lowest BCUT2D eigenvalue weighted by atomic mass is 10.1. The average molecular weight is 201 g/mol. The standard InChI is InChI=1S/C9H15NO4/c1-14-9(13)7(4-6-2-3-6)10-8(12)5-11/h6-7,11H,2-5H2,1H3,(H,10,12)/t7-/m1/s1. The SMILES string of the molecule is COC(=O)[C@@H](CC1CC1)NC(=O)CO. The Bertz CT molecular complexity index is 225. The van der Waals surface area contributed by atoms with E-state index in [9.17, 15) is 9.59 Å². The third-order valence-electron chi connectivity index (χ3n) is 2.23. The third kappa shape index (κ3) is 3.33. The predicted molar refractivity (Wildman–Crippen MR) is 48.4 cm³/mol. The summed E-state index contributed by atoms with van der Waals surface area (Å²) in [6.07, 6.45) is 2.81. The number of methoxy groups -OCH3 is 1. The van der Waals surface area contributed by atoms with Crippen molar-refractivity contribution in [2.45, 2.75) is 25.3 Å². The Morgan fingerprint density at radius 1 is 1.57 bits per heavy atom. The van der Waals surface area contributed by atoms with Crippen molar-refractivity contribution < 1.29 is 19.4 Å². The summed E-state index contributed by atoms with van der Waals surface area (Å²) >= 11 is 0. The van der Waals surface area contributed by atoms with Gasteiger partial charge in [-0.05, 0) is 12.3 Å². The normalized spacial score (nSPS) is 17.3. The largest absolute Gasteiger partial charge is 0.467 e. The Balaban J connectivity index is 2.42. The number of amides is 1. The van der Waals surface area contributed by atoms with Gasteiger partial charge in [0, 0.05) is 0 Å². The third-order valence-corrected chi connectivity index (χ3v) is 2.23. The van der Waals surface area contributed by atoms with Crippen molar-refractivity contribution in [2.75, 3.05) is 13.7 Å². The fraction of sp³-hybridized carbons (Fsp3) is 0.778. The van der Waals surface area contributed by atoms with Crippen LogP contribution in [0.15, 0.2) is 0 Å². The highest BCUT2D eigenvalue weighted by atomic mass is 16.5. The molecule has 1 aliphatic carbocycles. The van der Waals surface area contributed by atoms with E-state index in [2.05, 4.69) is 10.1 Å². The minimum absolute atomic E-state index is 0.446.